The molecular weight excluding hydrogens is 788 g/mol. The van der Waals surface area contributed by atoms with Crippen LogP contribution in [0.5, 0.6) is 23.0 Å². The van der Waals surface area contributed by atoms with E-state index in [9.17, 15) is 4.79 Å². The van der Waals surface area contributed by atoms with Gasteiger partial charge in [-0.1, -0.05) is 6.07 Å². The summed E-state index contributed by atoms with van der Waals surface area (Å²) < 4.78 is 32.5. The fraction of sp³-hybridized carbons (Fsp3) is 0.152. The highest BCUT2D eigenvalue weighted by Crippen LogP contribution is 2.34. The monoisotopic (exact) mass is 815 g/mol. The molecule has 6 rings (SSSR count). The lowest BCUT2D eigenvalue weighted by Crippen LogP contribution is -2.16. The Labute approximate surface area is 281 Å². The Morgan fingerprint density at radius 3 is 2.36 bits per heavy atom. The largest absolute Gasteiger partial charge is 0.487 e. The first kappa shape index (κ1) is 30.1. The Bertz CT molecular complexity index is 1800. The third kappa shape index (κ3) is 6.88. The molecule has 1 aliphatic rings. The molecule has 224 valence electrons. The lowest BCUT2D eigenvalue weighted by atomic mass is 10.2. The average Bonchev–Trinajstić information content (AvgIpc) is 3.76. The second kappa shape index (κ2) is 13.3. The second-order valence-corrected chi connectivity index (χ2v) is 12.3. The van der Waals surface area contributed by atoms with Gasteiger partial charge < -0.3 is 27.9 Å². The van der Waals surface area contributed by atoms with Gasteiger partial charge in [0.1, 0.15) is 30.5 Å². The van der Waals surface area contributed by atoms with Crippen molar-refractivity contribution in [3.63, 3.8) is 0 Å². The summed E-state index contributed by atoms with van der Waals surface area (Å²) >= 11 is 4.46. The number of benzene rings is 3. The van der Waals surface area contributed by atoms with Crippen LogP contribution in [0.2, 0.25) is 0 Å². The number of fused-ring (bicyclic) bond motifs is 1. The maximum atomic E-state index is 12.6. The molecule has 3 aromatic carbocycles. The van der Waals surface area contributed by atoms with Crippen molar-refractivity contribution in [3.8, 4) is 28.7 Å². The van der Waals surface area contributed by atoms with E-state index < -0.39 is 5.91 Å². The number of rotatable bonds is 10. The number of ether oxygens (including phenoxy) is 4. The van der Waals surface area contributed by atoms with E-state index in [2.05, 4.69) is 86.3 Å². The van der Waals surface area contributed by atoms with E-state index in [0.29, 0.717) is 18.1 Å². The molecule has 2 aromatic heterocycles. The smallest absolute Gasteiger partial charge is 0.307 e. The highest BCUT2D eigenvalue weighted by atomic mass is 127. The van der Waals surface area contributed by atoms with Crippen molar-refractivity contribution < 1.29 is 28.2 Å². The predicted octanol–water partition coefficient (Wildman–Crippen LogP) is 7.55. The van der Waals surface area contributed by atoms with E-state index in [1.165, 1.54) is 11.4 Å². The van der Waals surface area contributed by atoms with Gasteiger partial charge in [-0.25, -0.2) is 5.43 Å². The van der Waals surface area contributed by atoms with Crippen molar-refractivity contribution >= 4 is 57.3 Å². The van der Waals surface area contributed by atoms with Crippen molar-refractivity contribution in [1.82, 2.24) is 9.99 Å². The van der Waals surface area contributed by atoms with Crippen LogP contribution in [0, 0.1) is 21.0 Å². The Morgan fingerprint density at radius 2 is 1.61 bits per heavy atom. The number of aromatic nitrogens is 1. The molecule has 0 saturated heterocycles. The van der Waals surface area contributed by atoms with Crippen LogP contribution in [-0.2, 0) is 13.2 Å². The molecular formula is C33H27I2N3O6. The van der Waals surface area contributed by atoms with Crippen molar-refractivity contribution in [2.75, 3.05) is 6.79 Å². The Morgan fingerprint density at radius 1 is 0.886 bits per heavy atom. The summed E-state index contributed by atoms with van der Waals surface area (Å²) in [6.07, 6.45) is 1.58. The van der Waals surface area contributed by atoms with Gasteiger partial charge in [0.2, 0.25) is 6.79 Å². The number of carbonyl (C=O) groups excluding carboxylic acids is 1. The molecule has 0 saturated carbocycles. The van der Waals surface area contributed by atoms with Gasteiger partial charge in [-0.3, -0.25) is 4.79 Å². The topological polar surface area (TPSA) is 96.5 Å². The number of amides is 1. The van der Waals surface area contributed by atoms with Gasteiger partial charge in [0.25, 0.3) is 0 Å². The molecule has 3 heterocycles. The minimum Gasteiger partial charge on any atom is -0.487 e. The van der Waals surface area contributed by atoms with Gasteiger partial charge in [0.05, 0.1) is 13.4 Å². The van der Waals surface area contributed by atoms with Crippen molar-refractivity contribution in [3.05, 3.63) is 120 Å². The highest BCUT2D eigenvalue weighted by Gasteiger charge is 2.15. The number of hydrazone groups is 1. The van der Waals surface area contributed by atoms with Crippen molar-refractivity contribution in [2.24, 2.45) is 5.10 Å². The molecule has 5 aromatic rings. The summed E-state index contributed by atoms with van der Waals surface area (Å²) in [5, 5.41) is 4.11. The van der Waals surface area contributed by atoms with Crippen LogP contribution in [0.1, 0.15) is 38.8 Å². The molecule has 0 fully saturated rings. The van der Waals surface area contributed by atoms with E-state index in [-0.39, 0.29) is 19.2 Å². The Kier molecular flexibility index (Phi) is 9.12. The van der Waals surface area contributed by atoms with Crippen LogP contribution < -0.4 is 24.4 Å². The lowest BCUT2D eigenvalue weighted by molar-refractivity contribution is 0.0923. The van der Waals surface area contributed by atoms with Gasteiger partial charge in [0.15, 0.2) is 17.3 Å². The number of carbonyl (C=O) groups is 1. The molecule has 9 nitrogen and oxygen atoms in total. The van der Waals surface area contributed by atoms with Crippen LogP contribution in [-0.4, -0.2) is 23.5 Å². The molecule has 1 aliphatic heterocycles. The standard InChI is InChI=1S/C33H27I2N3O6/c1-20-3-4-21(2)38(20)24-6-8-25(9-7-24)40-18-26-10-12-30(44-26)33(39)37-36-16-23-13-27(34)32(28(35)14-23)41-17-22-5-11-29-31(15-22)43-19-42-29/h3-16H,17-19H2,1-2H3,(H,37,39)/b36-16+. The van der Waals surface area contributed by atoms with Crippen LogP contribution in [0.3, 0.4) is 0 Å². The van der Waals surface area contributed by atoms with Crippen LogP contribution >= 0.6 is 45.2 Å². The fourth-order valence-electron chi connectivity index (χ4n) is 4.70. The quantitative estimate of drug-likeness (QED) is 0.0890. The van der Waals surface area contributed by atoms with E-state index in [1.54, 1.807) is 18.3 Å². The van der Waals surface area contributed by atoms with Crippen LogP contribution in [0.25, 0.3) is 5.69 Å². The second-order valence-electron chi connectivity index (χ2n) is 9.99. The summed E-state index contributed by atoms with van der Waals surface area (Å²) in [6.45, 7) is 4.97. The lowest BCUT2D eigenvalue weighted by Gasteiger charge is -2.12. The van der Waals surface area contributed by atoms with Crippen molar-refractivity contribution in [2.45, 2.75) is 27.1 Å². The maximum absolute atomic E-state index is 12.6. The van der Waals surface area contributed by atoms with Gasteiger partial charge in [-0.15, -0.1) is 0 Å². The first-order valence-corrected chi connectivity index (χ1v) is 15.8. The average molecular weight is 815 g/mol. The summed E-state index contributed by atoms with van der Waals surface area (Å²) in [5.41, 5.74) is 7.73. The van der Waals surface area contributed by atoms with Gasteiger partial charge >= 0.3 is 5.91 Å². The third-order valence-electron chi connectivity index (χ3n) is 6.85. The summed E-state index contributed by atoms with van der Waals surface area (Å²) in [6, 6.07) is 25.0. The zero-order chi connectivity index (χ0) is 30.6. The number of hydrogen-bond donors (Lipinski definition) is 1. The number of hydrogen-bond acceptors (Lipinski definition) is 7. The minimum atomic E-state index is -0.456. The number of halogens is 2. The molecule has 0 atom stereocenters. The molecule has 0 aliphatic carbocycles. The number of furan rings is 1. The number of nitrogens with one attached hydrogen (secondary N) is 1. The third-order valence-corrected chi connectivity index (χ3v) is 8.46. The zero-order valence-corrected chi connectivity index (χ0v) is 28.1. The maximum Gasteiger partial charge on any atom is 0.307 e. The predicted molar refractivity (Wildman–Crippen MR) is 182 cm³/mol. The number of nitrogens with zero attached hydrogens (tertiary/aromatic N) is 2. The molecule has 1 N–H and O–H groups in total. The van der Waals surface area contributed by atoms with Gasteiger partial charge in [-0.2, -0.15) is 5.10 Å². The summed E-state index contributed by atoms with van der Waals surface area (Å²) in [5.74, 6) is 3.16. The highest BCUT2D eigenvalue weighted by molar-refractivity contribution is 14.1. The first-order valence-electron chi connectivity index (χ1n) is 13.6. The Balaban J connectivity index is 1.00. The molecule has 1 amide bonds. The zero-order valence-electron chi connectivity index (χ0n) is 23.8. The van der Waals surface area contributed by atoms with E-state index in [0.717, 1.165) is 41.2 Å². The number of aryl methyl sites for hydroxylation is 2. The summed E-state index contributed by atoms with van der Waals surface area (Å²) in [7, 11) is 0. The fourth-order valence-corrected chi connectivity index (χ4v) is 6.83. The molecule has 0 radical (unpaired) electrons. The first-order chi connectivity index (χ1) is 21.3. The van der Waals surface area contributed by atoms with E-state index in [1.807, 2.05) is 54.6 Å². The molecule has 44 heavy (non-hydrogen) atoms. The molecule has 0 spiro atoms. The van der Waals surface area contributed by atoms with E-state index in [4.69, 9.17) is 23.4 Å². The molecule has 0 bridgehead atoms. The summed E-state index contributed by atoms with van der Waals surface area (Å²) in [4.78, 5) is 12.6. The minimum absolute atomic E-state index is 0.145. The SMILES string of the molecule is Cc1ccc(C)n1-c1ccc(OCc2ccc(C(=O)N/N=C/c3cc(I)c(OCc4ccc5c(c4)OCO5)c(I)c3)o2)cc1. The Hall–Kier alpha value is -3.98. The molecule has 0 unspecified atom stereocenters. The van der Waals surface area contributed by atoms with Gasteiger partial charge in [0, 0.05) is 17.1 Å². The molecule has 11 heteroatoms. The van der Waals surface area contributed by atoms with Crippen molar-refractivity contribution in [1.29, 1.82) is 0 Å². The van der Waals surface area contributed by atoms with Crippen LogP contribution in [0.15, 0.2) is 88.4 Å². The normalized spacial score (nSPS) is 12.1. The van der Waals surface area contributed by atoms with Gasteiger partial charge in [-0.05, 0) is 143 Å². The van der Waals surface area contributed by atoms with Crippen LogP contribution in [0.4, 0.5) is 0 Å². The van der Waals surface area contributed by atoms with E-state index >= 15 is 0 Å².